The molecule has 1 rings (SSSR count). The minimum Gasteiger partial charge on any atom is -0.201 e. The second-order valence-electron chi connectivity index (χ2n) is 1.84. The highest BCUT2D eigenvalue weighted by Crippen LogP contribution is 2.11. The van der Waals surface area contributed by atoms with Gasteiger partial charge in [-0.2, -0.15) is 13.8 Å². The normalized spacial score (nSPS) is 9.73. The van der Waals surface area contributed by atoms with E-state index in [9.17, 15) is 13.2 Å². The Kier molecular flexibility index (Phi) is 1.94. The largest absolute Gasteiger partial charge is 0.252 e. The summed E-state index contributed by atoms with van der Waals surface area (Å²) in [6, 6.07) is 0.769. The van der Waals surface area contributed by atoms with Crippen molar-refractivity contribution < 1.29 is 13.2 Å². The van der Waals surface area contributed by atoms with Crippen molar-refractivity contribution in [3.63, 3.8) is 0 Å². The molecule has 0 N–H and O–H groups in total. The number of halogens is 3. The molecule has 58 valence electrons. The maximum absolute atomic E-state index is 12.5. The van der Waals surface area contributed by atoms with Gasteiger partial charge in [-0.25, -0.2) is 4.39 Å². The summed E-state index contributed by atoms with van der Waals surface area (Å²) in [5, 5.41) is 0. The van der Waals surface area contributed by atoms with Crippen LogP contribution in [-0.4, -0.2) is 4.98 Å². The molecule has 0 unspecified atom stereocenters. The summed E-state index contributed by atoms with van der Waals surface area (Å²) in [7, 11) is 0. The van der Waals surface area contributed by atoms with Gasteiger partial charge >= 0.3 is 0 Å². The summed E-state index contributed by atoms with van der Waals surface area (Å²) in [5.74, 6) is -3.68. The van der Waals surface area contributed by atoms with Gasteiger partial charge in [0.1, 0.15) is 0 Å². The van der Waals surface area contributed by atoms with Crippen LogP contribution in [0, 0.1) is 17.7 Å². The van der Waals surface area contributed by atoms with Gasteiger partial charge in [-0.1, -0.05) is 12.7 Å². The number of pyridine rings is 1. The van der Waals surface area contributed by atoms with E-state index in [1.807, 2.05) is 0 Å². The highest BCUT2D eigenvalue weighted by molar-refractivity contribution is 5.46. The van der Waals surface area contributed by atoms with E-state index in [-0.39, 0.29) is 5.56 Å². The maximum Gasteiger partial charge on any atom is 0.252 e. The van der Waals surface area contributed by atoms with E-state index < -0.39 is 17.7 Å². The van der Waals surface area contributed by atoms with E-state index in [2.05, 4.69) is 11.6 Å². The van der Waals surface area contributed by atoms with E-state index in [4.69, 9.17) is 0 Å². The molecule has 1 nitrogen and oxygen atoms in total. The SMILES string of the molecule is C=Cc1cc(F)nc(F)c1F. The zero-order valence-corrected chi connectivity index (χ0v) is 5.44. The summed E-state index contributed by atoms with van der Waals surface area (Å²) in [5.41, 5.74) is -0.227. The maximum atomic E-state index is 12.5. The first kappa shape index (κ1) is 7.78. The van der Waals surface area contributed by atoms with Crippen LogP contribution in [0.3, 0.4) is 0 Å². The van der Waals surface area contributed by atoms with Gasteiger partial charge in [-0.05, 0) is 0 Å². The number of aromatic nitrogens is 1. The van der Waals surface area contributed by atoms with Crippen molar-refractivity contribution in [2.75, 3.05) is 0 Å². The van der Waals surface area contributed by atoms with Crippen LogP contribution >= 0.6 is 0 Å². The minimum absolute atomic E-state index is 0.227. The Morgan fingerprint density at radius 1 is 1.36 bits per heavy atom. The van der Waals surface area contributed by atoms with Gasteiger partial charge in [0, 0.05) is 11.6 Å². The van der Waals surface area contributed by atoms with Crippen LogP contribution in [0.5, 0.6) is 0 Å². The summed E-state index contributed by atoms with van der Waals surface area (Å²) in [6.07, 6.45) is 1.02. The van der Waals surface area contributed by atoms with Gasteiger partial charge in [-0.15, -0.1) is 0 Å². The fourth-order valence-electron chi connectivity index (χ4n) is 0.634. The molecule has 0 fully saturated rings. The van der Waals surface area contributed by atoms with E-state index in [1.54, 1.807) is 0 Å². The predicted molar refractivity (Wildman–Crippen MR) is 34.2 cm³/mol. The van der Waals surface area contributed by atoms with Crippen LogP contribution < -0.4 is 0 Å². The smallest absolute Gasteiger partial charge is 0.201 e. The number of rotatable bonds is 1. The molecule has 1 heterocycles. The minimum atomic E-state index is -1.44. The molecule has 0 amide bonds. The van der Waals surface area contributed by atoms with E-state index in [0.29, 0.717) is 0 Å². The fraction of sp³-hybridized carbons (Fsp3) is 0. The van der Waals surface area contributed by atoms with Gasteiger partial charge in [0.15, 0.2) is 5.82 Å². The molecule has 0 aliphatic rings. The van der Waals surface area contributed by atoms with Crippen LogP contribution in [0.4, 0.5) is 13.2 Å². The molecule has 0 atom stereocenters. The van der Waals surface area contributed by atoms with Crippen LogP contribution in [-0.2, 0) is 0 Å². The third-order valence-corrected chi connectivity index (χ3v) is 1.13. The molecule has 4 heteroatoms. The first-order chi connectivity index (χ1) is 5.15. The molecule has 0 radical (unpaired) electrons. The molecule has 0 spiro atoms. The van der Waals surface area contributed by atoms with Crippen molar-refractivity contribution in [3.05, 3.63) is 35.9 Å². The molecule has 0 aliphatic carbocycles. The topological polar surface area (TPSA) is 12.9 Å². The Hall–Kier alpha value is -1.32. The Balaban J connectivity index is 3.35. The molecule has 0 aliphatic heterocycles. The molecular formula is C7H4F3N. The monoisotopic (exact) mass is 159 g/mol. The van der Waals surface area contributed by atoms with E-state index >= 15 is 0 Å². The van der Waals surface area contributed by atoms with E-state index in [0.717, 1.165) is 12.1 Å². The average Bonchev–Trinajstić information content (AvgIpc) is 1.96. The standard InChI is InChI=1S/C7H4F3N/c1-2-4-3-5(8)11-7(10)6(4)9/h2-3H,1H2. The lowest BCUT2D eigenvalue weighted by Crippen LogP contribution is -1.96. The summed E-state index contributed by atoms with van der Waals surface area (Å²) >= 11 is 0. The third kappa shape index (κ3) is 1.39. The van der Waals surface area contributed by atoms with Gasteiger partial charge in [0.2, 0.25) is 5.95 Å². The molecule has 1 aromatic heterocycles. The summed E-state index contributed by atoms with van der Waals surface area (Å²) < 4.78 is 37.0. The van der Waals surface area contributed by atoms with Crippen LogP contribution in [0.1, 0.15) is 5.56 Å². The van der Waals surface area contributed by atoms with Gasteiger partial charge in [0.25, 0.3) is 5.95 Å². The Bertz CT molecular complexity index is 296. The van der Waals surface area contributed by atoms with Gasteiger partial charge in [-0.3, -0.25) is 0 Å². The Morgan fingerprint density at radius 2 is 2.00 bits per heavy atom. The number of nitrogens with zero attached hydrogens (tertiary/aromatic N) is 1. The van der Waals surface area contributed by atoms with Gasteiger partial charge in [0.05, 0.1) is 0 Å². The van der Waals surface area contributed by atoms with Crippen molar-refractivity contribution in [3.8, 4) is 0 Å². The third-order valence-electron chi connectivity index (χ3n) is 1.13. The second kappa shape index (κ2) is 2.74. The van der Waals surface area contributed by atoms with Crippen molar-refractivity contribution in [1.82, 2.24) is 4.98 Å². The molecule has 0 bridgehead atoms. The lowest BCUT2D eigenvalue weighted by atomic mass is 10.2. The average molecular weight is 159 g/mol. The second-order valence-corrected chi connectivity index (χ2v) is 1.84. The quantitative estimate of drug-likeness (QED) is 0.572. The van der Waals surface area contributed by atoms with Crippen molar-refractivity contribution >= 4 is 6.08 Å². The van der Waals surface area contributed by atoms with Crippen LogP contribution in [0.15, 0.2) is 12.6 Å². The van der Waals surface area contributed by atoms with Crippen LogP contribution in [0.2, 0.25) is 0 Å². The predicted octanol–water partition coefficient (Wildman–Crippen LogP) is 2.14. The zero-order chi connectivity index (χ0) is 8.43. The van der Waals surface area contributed by atoms with Crippen molar-refractivity contribution in [2.24, 2.45) is 0 Å². The Labute approximate surface area is 61.2 Å². The molecule has 0 saturated carbocycles. The highest BCUT2D eigenvalue weighted by atomic mass is 19.2. The van der Waals surface area contributed by atoms with Crippen LogP contribution in [0.25, 0.3) is 6.08 Å². The lowest BCUT2D eigenvalue weighted by molar-refractivity contribution is 0.446. The molecule has 11 heavy (non-hydrogen) atoms. The molecule has 1 aromatic rings. The highest BCUT2D eigenvalue weighted by Gasteiger charge is 2.09. The first-order valence-corrected chi connectivity index (χ1v) is 2.79. The number of hydrogen-bond acceptors (Lipinski definition) is 1. The summed E-state index contributed by atoms with van der Waals surface area (Å²) in [6.45, 7) is 3.17. The molecular weight excluding hydrogens is 155 g/mol. The van der Waals surface area contributed by atoms with Crippen molar-refractivity contribution in [2.45, 2.75) is 0 Å². The number of hydrogen-bond donors (Lipinski definition) is 0. The summed E-state index contributed by atoms with van der Waals surface area (Å²) in [4.78, 5) is 2.63. The van der Waals surface area contributed by atoms with E-state index in [1.165, 1.54) is 0 Å². The fourth-order valence-corrected chi connectivity index (χ4v) is 0.634. The van der Waals surface area contributed by atoms with Crippen molar-refractivity contribution in [1.29, 1.82) is 0 Å². The van der Waals surface area contributed by atoms with Gasteiger partial charge < -0.3 is 0 Å². The lowest BCUT2D eigenvalue weighted by Gasteiger charge is -1.96. The first-order valence-electron chi connectivity index (χ1n) is 2.79. The zero-order valence-electron chi connectivity index (χ0n) is 5.44. The Morgan fingerprint density at radius 3 is 2.55 bits per heavy atom. The molecule has 0 aromatic carbocycles. The molecule has 0 saturated heterocycles.